The summed E-state index contributed by atoms with van der Waals surface area (Å²) in [4.78, 5) is 26.8. The minimum absolute atomic E-state index is 0.161. The Morgan fingerprint density at radius 2 is 1.68 bits per heavy atom. The van der Waals surface area contributed by atoms with E-state index in [1.165, 1.54) is 38.2 Å². The van der Waals surface area contributed by atoms with Gasteiger partial charge in [-0.05, 0) is 31.2 Å². The zero-order valence-corrected chi connectivity index (χ0v) is 16.0. The molecule has 28 heavy (non-hydrogen) atoms. The minimum Gasteiger partial charge on any atom is -0.497 e. The molecule has 2 aromatic carbocycles. The van der Waals surface area contributed by atoms with Crippen molar-refractivity contribution in [2.75, 3.05) is 25.7 Å². The Labute approximate surface area is 164 Å². The van der Waals surface area contributed by atoms with Crippen LogP contribution in [0.1, 0.15) is 23.7 Å². The van der Waals surface area contributed by atoms with Crippen molar-refractivity contribution in [2.24, 2.45) is 0 Å². The number of carbonyl (C=O) groups is 2. The number of anilines is 1. The molecule has 146 valence electrons. The molecule has 0 fully saturated rings. The van der Waals surface area contributed by atoms with Crippen molar-refractivity contribution in [3.63, 3.8) is 0 Å². The number of esters is 1. The van der Waals surface area contributed by atoms with E-state index in [0.29, 0.717) is 17.2 Å². The molecule has 7 heteroatoms. The monoisotopic (exact) mass is 382 g/mol. The fourth-order valence-electron chi connectivity index (χ4n) is 2.56. The van der Waals surface area contributed by atoms with Crippen LogP contribution in [0.2, 0.25) is 0 Å². The summed E-state index contributed by atoms with van der Waals surface area (Å²) in [5.74, 6) is -0.216. The summed E-state index contributed by atoms with van der Waals surface area (Å²) in [5, 5.41) is 8.88. The summed E-state index contributed by atoms with van der Waals surface area (Å²) in [6.45, 7) is 1.70. The summed E-state index contributed by atoms with van der Waals surface area (Å²) >= 11 is 0. The number of hydrogen-bond acceptors (Lipinski definition) is 6. The first kappa shape index (κ1) is 20.8. The molecule has 0 bridgehead atoms. The number of nitriles is 1. The average Bonchev–Trinajstić information content (AvgIpc) is 2.73. The highest BCUT2D eigenvalue weighted by Gasteiger charge is 2.25. The maximum Gasteiger partial charge on any atom is 0.339 e. The second-order valence-electron chi connectivity index (χ2n) is 5.88. The molecule has 1 atom stereocenters. The van der Waals surface area contributed by atoms with Crippen LogP contribution in [0, 0.1) is 11.3 Å². The number of para-hydroxylation sites is 1. The molecule has 7 nitrogen and oxygen atoms in total. The molecule has 0 heterocycles. The molecule has 1 unspecified atom stereocenters. The summed E-state index contributed by atoms with van der Waals surface area (Å²) < 4.78 is 15.6. The normalized spacial score (nSPS) is 11.1. The summed E-state index contributed by atoms with van der Waals surface area (Å²) in [6.07, 6.45) is -0.877. The van der Waals surface area contributed by atoms with Gasteiger partial charge in [0.05, 0.1) is 32.3 Å². The Hall–Kier alpha value is -3.53. The maximum absolute atomic E-state index is 12.9. The van der Waals surface area contributed by atoms with Crippen LogP contribution in [-0.4, -0.2) is 38.7 Å². The van der Waals surface area contributed by atoms with Crippen molar-refractivity contribution in [2.45, 2.75) is 19.4 Å². The third kappa shape index (κ3) is 5.24. The topological polar surface area (TPSA) is 88.9 Å². The van der Waals surface area contributed by atoms with Gasteiger partial charge in [0.1, 0.15) is 11.5 Å². The molecule has 0 saturated carbocycles. The molecule has 0 N–H and O–H groups in total. The zero-order chi connectivity index (χ0) is 20.5. The lowest BCUT2D eigenvalue weighted by Gasteiger charge is -2.25. The first-order valence-electron chi connectivity index (χ1n) is 8.67. The highest BCUT2D eigenvalue weighted by atomic mass is 16.5. The largest absolute Gasteiger partial charge is 0.497 e. The maximum atomic E-state index is 12.9. The van der Waals surface area contributed by atoms with Crippen LogP contribution in [-0.2, 0) is 9.53 Å². The van der Waals surface area contributed by atoms with Crippen LogP contribution in [0.5, 0.6) is 11.5 Å². The van der Waals surface area contributed by atoms with E-state index in [9.17, 15) is 9.59 Å². The number of amides is 1. The molecule has 2 rings (SSSR count). The third-order valence-electron chi connectivity index (χ3n) is 4.00. The molecular weight excluding hydrogens is 360 g/mol. The van der Waals surface area contributed by atoms with Crippen LogP contribution in [0.3, 0.4) is 0 Å². The second kappa shape index (κ2) is 9.97. The number of carbonyl (C=O) groups excluding carboxylic acids is 2. The van der Waals surface area contributed by atoms with Crippen LogP contribution in [0.4, 0.5) is 5.69 Å². The zero-order valence-electron chi connectivity index (χ0n) is 16.0. The molecule has 0 aliphatic heterocycles. The number of ether oxygens (including phenoxy) is 3. The fraction of sp³-hybridized carbons (Fsp3) is 0.286. The second-order valence-corrected chi connectivity index (χ2v) is 5.88. The number of nitrogens with zero attached hydrogens (tertiary/aromatic N) is 2. The Balaban J connectivity index is 2.17. The van der Waals surface area contributed by atoms with Gasteiger partial charge in [-0.1, -0.05) is 18.2 Å². The van der Waals surface area contributed by atoms with E-state index in [-0.39, 0.29) is 18.5 Å². The molecule has 1 amide bonds. The summed E-state index contributed by atoms with van der Waals surface area (Å²) in [6, 6.07) is 15.6. The predicted octanol–water partition coefficient (Wildman–Crippen LogP) is 3.20. The molecule has 0 radical (unpaired) electrons. The Morgan fingerprint density at radius 1 is 1.07 bits per heavy atom. The van der Waals surface area contributed by atoms with E-state index in [2.05, 4.69) is 0 Å². The Morgan fingerprint density at radius 3 is 2.21 bits per heavy atom. The van der Waals surface area contributed by atoms with Crippen molar-refractivity contribution in [3.8, 4) is 17.6 Å². The van der Waals surface area contributed by atoms with E-state index < -0.39 is 18.0 Å². The van der Waals surface area contributed by atoms with Gasteiger partial charge in [0, 0.05) is 18.3 Å². The molecular formula is C21H22N2O5. The van der Waals surface area contributed by atoms with Gasteiger partial charge in [-0.15, -0.1) is 0 Å². The van der Waals surface area contributed by atoms with Crippen molar-refractivity contribution < 1.29 is 23.8 Å². The average molecular weight is 382 g/mol. The Bertz CT molecular complexity index is 839. The third-order valence-corrected chi connectivity index (χ3v) is 4.00. The molecule has 0 spiro atoms. The van der Waals surface area contributed by atoms with E-state index in [4.69, 9.17) is 19.5 Å². The number of hydrogen-bond donors (Lipinski definition) is 0. The lowest BCUT2D eigenvalue weighted by atomic mass is 10.2. The highest BCUT2D eigenvalue weighted by Crippen LogP contribution is 2.23. The van der Waals surface area contributed by atoms with Crippen molar-refractivity contribution in [1.29, 1.82) is 5.26 Å². The van der Waals surface area contributed by atoms with E-state index in [0.717, 1.165) is 0 Å². The van der Waals surface area contributed by atoms with Gasteiger partial charge in [0.25, 0.3) is 5.91 Å². The van der Waals surface area contributed by atoms with Crippen molar-refractivity contribution in [3.05, 3.63) is 54.1 Å². The molecule has 0 aliphatic carbocycles. The van der Waals surface area contributed by atoms with Crippen LogP contribution in [0.25, 0.3) is 0 Å². The molecule has 0 saturated heterocycles. The van der Waals surface area contributed by atoms with Gasteiger partial charge >= 0.3 is 5.97 Å². The van der Waals surface area contributed by atoms with Crippen LogP contribution in [0.15, 0.2) is 48.5 Å². The quantitative estimate of drug-likeness (QED) is 0.652. The van der Waals surface area contributed by atoms with Gasteiger partial charge in [-0.3, -0.25) is 4.79 Å². The molecule has 0 aromatic heterocycles. The number of benzene rings is 2. The lowest BCUT2D eigenvalue weighted by Crippen LogP contribution is -2.40. The summed E-state index contributed by atoms with van der Waals surface area (Å²) in [7, 11) is 2.95. The smallest absolute Gasteiger partial charge is 0.339 e. The van der Waals surface area contributed by atoms with Gasteiger partial charge in [-0.25, -0.2) is 4.79 Å². The fourth-order valence-corrected chi connectivity index (χ4v) is 2.56. The van der Waals surface area contributed by atoms with E-state index in [1.807, 2.05) is 12.1 Å². The molecule has 2 aromatic rings. The lowest BCUT2D eigenvalue weighted by molar-refractivity contribution is -0.126. The highest BCUT2D eigenvalue weighted by molar-refractivity contribution is 5.99. The predicted molar refractivity (Wildman–Crippen MR) is 103 cm³/mol. The van der Waals surface area contributed by atoms with Crippen LogP contribution < -0.4 is 14.4 Å². The molecule has 0 aliphatic rings. The first-order valence-corrected chi connectivity index (χ1v) is 8.67. The van der Waals surface area contributed by atoms with Gasteiger partial charge in [0.2, 0.25) is 0 Å². The van der Waals surface area contributed by atoms with Gasteiger partial charge in [0.15, 0.2) is 6.10 Å². The number of rotatable bonds is 8. The minimum atomic E-state index is -1.04. The van der Waals surface area contributed by atoms with Gasteiger partial charge < -0.3 is 19.1 Å². The van der Waals surface area contributed by atoms with Crippen molar-refractivity contribution in [1.82, 2.24) is 0 Å². The standard InChI is InChI=1S/C21H22N2O5/c1-15(20(24)23(11-7-10-22)17-8-5-4-6-9-17)28-21(25)16-12-18(26-2)14-19(13-16)27-3/h4-6,8-9,12-15H,7,11H2,1-3H3. The summed E-state index contributed by atoms with van der Waals surface area (Å²) in [5.41, 5.74) is 0.841. The van der Waals surface area contributed by atoms with Crippen molar-refractivity contribution >= 4 is 17.6 Å². The first-order chi connectivity index (χ1) is 13.5. The van der Waals surface area contributed by atoms with E-state index >= 15 is 0 Å². The number of methoxy groups -OCH3 is 2. The van der Waals surface area contributed by atoms with Gasteiger partial charge in [-0.2, -0.15) is 5.26 Å². The SMILES string of the molecule is COc1cc(OC)cc(C(=O)OC(C)C(=O)N(CCC#N)c2ccccc2)c1. The van der Waals surface area contributed by atoms with E-state index in [1.54, 1.807) is 30.3 Å². The van der Waals surface area contributed by atoms with Crippen LogP contribution >= 0.6 is 0 Å². The Kier molecular flexibility index (Phi) is 7.40.